The number of aryl methyl sites for hydroxylation is 1. The normalized spacial score (nSPS) is 17.5. The Kier molecular flexibility index (Phi) is 7.63. The maximum absolute atomic E-state index is 14.7. The van der Waals surface area contributed by atoms with Gasteiger partial charge in [0.1, 0.15) is 0 Å². The molecule has 7 nitrogen and oxygen atoms in total. The fraction of sp³-hybridized carbons (Fsp3) is 0.294. The Hall–Kier alpha value is -4.52. The van der Waals surface area contributed by atoms with Gasteiger partial charge in [-0.15, -0.1) is 0 Å². The van der Waals surface area contributed by atoms with Gasteiger partial charge in [-0.25, -0.2) is 4.79 Å². The van der Waals surface area contributed by atoms with Gasteiger partial charge in [0.05, 0.1) is 23.3 Å². The van der Waals surface area contributed by atoms with E-state index in [4.69, 9.17) is 5.73 Å². The summed E-state index contributed by atoms with van der Waals surface area (Å²) in [5.74, 6) is -0.102. The number of nitrogens with two attached hydrogens (primary N) is 1. The Morgan fingerprint density at radius 2 is 1.51 bits per heavy atom. The average molecular weight is 551 g/mol. The van der Waals surface area contributed by atoms with E-state index in [1.165, 1.54) is 4.90 Å². The van der Waals surface area contributed by atoms with Gasteiger partial charge >= 0.3 is 6.09 Å². The maximum Gasteiger partial charge on any atom is 0.407 e. The van der Waals surface area contributed by atoms with Crippen molar-refractivity contribution in [3.63, 3.8) is 0 Å². The molecule has 0 aliphatic carbocycles. The third kappa shape index (κ3) is 5.57. The number of anilines is 1. The molecule has 7 heteroatoms. The van der Waals surface area contributed by atoms with Crippen LogP contribution in [0, 0.1) is 12.3 Å². The molecule has 2 amide bonds. The van der Waals surface area contributed by atoms with Crippen LogP contribution in [0.5, 0.6) is 0 Å². The topological polar surface area (TPSA) is 91.8 Å². The Bertz CT molecular complexity index is 1540. The first-order valence-electron chi connectivity index (χ1n) is 14.0. The molecule has 0 spiro atoms. The number of aromatic nitrogens is 1. The first kappa shape index (κ1) is 28.0. The van der Waals surface area contributed by atoms with Crippen molar-refractivity contribution in [3.05, 3.63) is 108 Å². The number of carbonyl (C=O) groups is 2. The highest BCUT2D eigenvalue weighted by Gasteiger charge is 2.47. The molecule has 0 radical (unpaired) electrons. The summed E-state index contributed by atoms with van der Waals surface area (Å²) in [6, 6.07) is 28.8. The smallest absolute Gasteiger partial charge is 0.407 e. The molecule has 3 aromatic carbocycles. The van der Waals surface area contributed by atoms with Crippen LogP contribution in [-0.2, 0) is 6.42 Å². The van der Waals surface area contributed by atoms with Crippen molar-refractivity contribution in [2.24, 2.45) is 5.41 Å². The number of carboxylic acid groups (broad SMARTS) is 1. The van der Waals surface area contributed by atoms with Crippen molar-refractivity contribution in [1.29, 1.82) is 0 Å². The van der Waals surface area contributed by atoms with Gasteiger partial charge < -0.3 is 25.2 Å². The summed E-state index contributed by atoms with van der Waals surface area (Å²) in [5.41, 5.74) is 11.6. The molecular weight excluding hydrogens is 512 g/mol. The number of nitrogen functional groups attached to an aromatic ring is 1. The van der Waals surface area contributed by atoms with E-state index in [-0.39, 0.29) is 18.5 Å². The predicted octanol–water partition coefficient (Wildman–Crippen LogP) is 6.50. The maximum atomic E-state index is 14.7. The van der Waals surface area contributed by atoms with Gasteiger partial charge in [0, 0.05) is 30.2 Å². The minimum Gasteiger partial charge on any atom is -0.465 e. The lowest BCUT2D eigenvalue weighted by Crippen LogP contribution is -2.66. The van der Waals surface area contributed by atoms with Gasteiger partial charge in [0.25, 0.3) is 5.91 Å². The number of hydrogen-bond donors (Lipinski definition) is 2. The van der Waals surface area contributed by atoms with E-state index in [0.29, 0.717) is 24.2 Å². The summed E-state index contributed by atoms with van der Waals surface area (Å²) < 4.78 is 2.08. The van der Waals surface area contributed by atoms with Crippen molar-refractivity contribution in [3.8, 4) is 16.9 Å². The summed E-state index contributed by atoms with van der Waals surface area (Å²) in [7, 11) is 0. The molecule has 5 rings (SSSR count). The van der Waals surface area contributed by atoms with E-state index in [1.54, 1.807) is 0 Å². The lowest BCUT2D eigenvalue weighted by Gasteiger charge is -2.51. The van der Waals surface area contributed by atoms with Crippen LogP contribution in [0.2, 0.25) is 0 Å². The van der Waals surface area contributed by atoms with Gasteiger partial charge in [0.15, 0.2) is 0 Å². The Morgan fingerprint density at radius 3 is 2.12 bits per heavy atom. The number of rotatable bonds is 5. The molecule has 1 saturated heterocycles. The van der Waals surface area contributed by atoms with Gasteiger partial charge in [-0.3, -0.25) is 4.79 Å². The van der Waals surface area contributed by atoms with E-state index >= 15 is 0 Å². The zero-order chi connectivity index (χ0) is 29.3. The second-order valence-electron chi connectivity index (χ2n) is 11.9. The third-order valence-corrected chi connectivity index (χ3v) is 7.95. The van der Waals surface area contributed by atoms with E-state index in [9.17, 15) is 14.7 Å². The number of nitrogens with zero attached hydrogens (tertiary/aromatic N) is 3. The first-order chi connectivity index (χ1) is 19.6. The number of carbonyl (C=O) groups excluding carboxylic acids is 1. The second kappa shape index (κ2) is 11.2. The fourth-order valence-electron chi connectivity index (χ4n) is 6.32. The van der Waals surface area contributed by atoms with Crippen molar-refractivity contribution < 1.29 is 14.7 Å². The molecule has 212 valence electrons. The molecule has 2 atom stereocenters. The Morgan fingerprint density at radius 1 is 0.878 bits per heavy atom. The number of benzene rings is 3. The minimum atomic E-state index is -0.955. The predicted molar refractivity (Wildman–Crippen MR) is 163 cm³/mol. The molecule has 1 aromatic heterocycles. The van der Waals surface area contributed by atoms with Crippen molar-refractivity contribution in [2.75, 3.05) is 18.8 Å². The fourth-order valence-corrected chi connectivity index (χ4v) is 6.32. The van der Waals surface area contributed by atoms with Crippen LogP contribution in [-0.4, -0.2) is 56.6 Å². The van der Waals surface area contributed by atoms with Gasteiger partial charge in [0.2, 0.25) is 0 Å². The SMILES string of the molecule is Cc1cc(C(=O)N2CCN(C(=O)O)C(C(C)(C)C)[C@H]2Cc2ccccc2)c(-c2ccccc2)n1-c1cccc(N)c1. The van der Waals surface area contributed by atoms with Crippen LogP contribution in [0.25, 0.3) is 16.9 Å². The lowest BCUT2D eigenvalue weighted by atomic mass is 9.77. The highest BCUT2D eigenvalue weighted by atomic mass is 16.4. The van der Waals surface area contributed by atoms with Gasteiger partial charge in [-0.2, -0.15) is 0 Å². The standard InChI is InChI=1S/C34H38N4O3/c1-23-20-28(30(25-14-9-6-10-15-25)38(23)27-17-11-16-26(35)22-27)32(39)36-18-19-37(33(40)41)31(34(2,3)4)29(36)21-24-12-7-5-8-13-24/h5-17,20,22,29,31H,18-19,21,35H2,1-4H3,(H,40,41)/t29-,31?/m1/s1. The van der Waals surface area contributed by atoms with Gasteiger partial charge in [-0.1, -0.05) is 87.5 Å². The zero-order valence-electron chi connectivity index (χ0n) is 24.1. The quantitative estimate of drug-likeness (QED) is 0.278. The monoisotopic (exact) mass is 550 g/mol. The number of amides is 2. The summed E-state index contributed by atoms with van der Waals surface area (Å²) in [6.45, 7) is 8.71. The summed E-state index contributed by atoms with van der Waals surface area (Å²) in [4.78, 5) is 30.6. The molecular formula is C34H38N4O3. The summed E-state index contributed by atoms with van der Waals surface area (Å²) in [5, 5.41) is 10.2. The molecule has 1 aliphatic rings. The molecule has 4 aromatic rings. The zero-order valence-corrected chi connectivity index (χ0v) is 24.1. The summed E-state index contributed by atoms with van der Waals surface area (Å²) >= 11 is 0. The highest BCUT2D eigenvalue weighted by Crippen LogP contribution is 2.37. The number of hydrogen-bond acceptors (Lipinski definition) is 3. The average Bonchev–Trinajstić information content (AvgIpc) is 3.29. The Labute approximate surface area is 241 Å². The van der Waals surface area contributed by atoms with Crippen molar-refractivity contribution >= 4 is 17.7 Å². The molecule has 2 heterocycles. The van der Waals surface area contributed by atoms with Crippen LogP contribution in [0.15, 0.2) is 91.0 Å². The van der Waals surface area contributed by atoms with Crippen LogP contribution < -0.4 is 5.73 Å². The molecule has 3 N–H and O–H groups in total. The van der Waals surface area contributed by atoms with Crippen LogP contribution in [0.1, 0.15) is 42.4 Å². The summed E-state index contributed by atoms with van der Waals surface area (Å²) in [6.07, 6.45) is -0.405. The molecule has 1 aliphatic heterocycles. The van der Waals surface area contributed by atoms with E-state index in [1.807, 2.05) is 103 Å². The van der Waals surface area contributed by atoms with Crippen molar-refractivity contribution in [1.82, 2.24) is 14.4 Å². The second-order valence-corrected chi connectivity index (χ2v) is 11.9. The van der Waals surface area contributed by atoms with E-state index < -0.39 is 17.6 Å². The van der Waals surface area contributed by atoms with Gasteiger partial charge in [-0.05, 0) is 54.2 Å². The Balaban J connectivity index is 1.66. The lowest BCUT2D eigenvalue weighted by molar-refractivity contribution is -0.0144. The van der Waals surface area contributed by atoms with Crippen LogP contribution >= 0.6 is 0 Å². The number of piperazine rings is 1. The van der Waals surface area contributed by atoms with E-state index in [2.05, 4.69) is 25.3 Å². The van der Waals surface area contributed by atoms with Crippen LogP contribution in [0.4, 0.5) is 10.5 Å². The minimum absolute atomic E-state index is 0.102. The highest BCUT2D eigenvalue weighted by molar-refractivity contribution is 6.01. The molecule has 0 saturated carbocycles. The first-order valence-corrected chi connectivity index (χ1v) is 14.0. The molecule has 0 bridgehead atoms. The largest absolute Gasteiger partial charge is 0.465 e. The molecule has 1 fully saturated rings. The molecule has 41 heavy (non-hydrogen) atoms. The van der Waals surface area contributed by atoms with Crippen LogP contribution in [0.3, 0.4) is 0 Å². The third-order valence-electron chi connectivity index (χ3n) is 7.95. The molecule has 1 unspecified atom stereocenters. The van der Waals surface area contributed by atoms with E-state index in [0.717, 1.165) is 28.2 Å². The van der Waals surface area contributed by atoms with Crippen molar-refractivity contribution in [2.45, 2.75) is 46.2 Å².